The van der Waals surface area contributed by atoms with Crippen molar-refractivity contribution in [2.75, 3.05) is 5.32 Å². The molecule has 2 aromatic carbocycles. The van der Waals surface area contributed by atoms with Crippen molar-refractivity contribution >= 4 is 17.2 Å². The number of nitrogens with zero attached hydrogens (tertiary/aromatic N) is 6. The molecule has 0 atom stereocenters. The van der Waals surface area contributed by atoms with Crippen LogP contribution in [-0.4, -0.2) is 35.1 Å². The van der Waals surface area contributed by atoms with Gasteiger partial charge in [-0.2, -0.15) is 13.2 Å². The zero-order chi connectivity index (χ0) is 24.6. The Kier molecular flexibility index (Phi) is 5.40. The first kappa shape index (κ1) is 22.1. The third-order valence-corrected chi connectivity index (χ3v) is 5.19. The number of carbonyl (C=O) groups is 1. The van der Waals surface area contributed by atoms with Gasteiger partial charge in [-0.05, 0) is 42.0 Å². The predicted octanol–water partition coefficient (Wildman–Crippen LogP) is 3.40. The van der Waals surface area contributed by atoms with Crippen LogP contribution in [0.1, 0.15) is 21.6 Å². The van der Waals surface area contributed by atoms with Crippen LogP contribution in [0.15, 0.2) is 83.9 Å². The van der Waals surface area contributed by atoms with Crippen molar-refractivity contribution in [2.24, 2.45) is 0 Å². The molecule has 12 heteroatoms. The van der Waals surface area contributed by atoms with Gasteiger partial charge in [-0.1, -0.05) is 35.5 Å². The highest BCUT2D eigenvalue weighted by Crippen LogP contribution is 2.33. The number of amides is 1. The van der Waals surface area contributed by atoms with Crippen molar-refractivity contribution < 1.29 is 18.0 Å². The van der Waals surface area contributed by atoms with E-state index in [1.165, 1.54) is 27.3 Å². The molecule has 0 saturated heterocycles. The second-order valence-corrected chi connectivity index (χ2v) is 7.59. The lowest BCUT2D eigenvalue weighted by Crippen LogP contribution is -2.21. The summed E-state index contributed by atoms with van der Waals surface area (Å²) < 4.78 is 43.5. The molecule has 0 saturated carbocycles. The fourth-order valence-corrected chi connectivity index (χ4v) is 3.59. The molecule has 0 fully saturated rings. The average molecular weight is 479 g/mol. The van der Waals surface area contributed by atoms with E-state index in [9.17, 15) is 22.8 Å². The van der Waals surface area contributed by atoms with E-state index in [4.69, 9.17) is 0 Å². The van der Waals surface area contributed by atoms with Gasteiger partial charge in [-0.25, -0.2) is 14.2 Å². The van der Waals surface area contributed by atoms with Gasteiger partial charge in [0.1, 0.15) is 0 Å². The molecule has 5 aromatic rings. The number of alkyl halides is 3. The second kappa shape index (κ2) is 8.56. The first-order valence-corrected chi connectivity index (χ1v) is 10.3. The van der Waals surface area contributed by atoms with Gasteiger partial charge in [0.05, 0.1) is 24.0 Å². The van der Waals surface area contributed by atoms with Crippen LogP contribution in [-0.2, 0) is 12.7 Å². The molecule has 0 aliphatic rings. The maximum absolute atomic E-state index is 13.3. The number of anilines is 1. The number of hydrogen-bond acceptors (Lipinski definition) is 5. The van der Waals surface area contributed by atoms with Crippen LogP contribution in [0.25, 0.3) is 11.3 Å². The normalized spacial score (nSPS) is 11.6. The smallest absolute Gasteiger partial charge is 0.321 e. The summed E-state index contributed by atoms with van der Waals surface area (Å²) in [5.74, 6) is -0.650. The number of carbonyl (C=O) groups excluding carboxylic acids is 1. The van der Waals surface area contributed by atoms with Crippen LogP contribution in [0.2, 0.25) is 0 Å². The van der Waals surface area contributed by atoms with E-state index in [0.29, 0.717) is 16.9 Å². The first-order chi connectivity index (χ1) is 16.8. The largest absolute Gasteiger partial charge is 0.418 e. The lowest BCUT2D eigenvalue weighted by atomic mass is 10.1. The third-order valence-electron chi connectivity index (χ3n) is 5.19. The topological polar surface area (TPSA) is 99.1 Å². The van der Waals surface area contributed by atoms with Gasteiger partial charge in [-0.3, -0.25) is 9.20 Å². The van der Waals surface area contributed by atoms with Crippen molar-refractivity contribution in [3.05, 3.63) is 106 Å². The maximum atomic E-state index is 13.3. The molecule has 3 heterocycles. The highest BCUT2D eigenvalue weighted by molar-refractivity contribution is 6.02. The quantitative estimate of drug-likeness (QED) is 0.417. The molecule has 0 spiro atoms. The second-order valence-electron chi connectivity index (χ2n) is 7.59. The number of para-hydroxylation sites is 1. The van der Waals surface area contributed by atoms with E-state index in [1.807, 2.05) is 0 Å². The molecular weight excluding hydrogens is 463 g/mol. The lowest BCUT2D eigenvalue weighted by Gasteiger charge is -2.11. The number of rotatable bonds is 5. The van der Waals surface area contributed by atoms with E-state index >= 15 is 0 Å². The summed E-state index contributed by atoms with van der Waals surface area (Å²) in [7, 11) is 0. The van der Waals surface area contributed by atoms with E-state index in [1.54, 1.807) is 48.7 Å². The fourth-order valence-electron chi connectivity index (χ4n) is 3.59. The third kappa shape index (κ3) is 4.40. The van der Waals surface area contributed by atoms with Crippen LogP contribution < -0.4 is 11.0 Å². The Morgan fingerprint density at radius 3 is 2.60 bits per heavy atom. The Hall–Kier alpha value is -4.74. The van der Waals surface area contributed by atoms with Crippen molar-refractivity contribution in [1.82, 2.24) is 29.2 Å². The Morgan fingerprint density at radius 2 is 1.80 bits per heavy atom. The monoisotopic (exact) mass is 479 g/mol. The van der Waals surface area contributed by atoms with Crippen molar-refractivity contribution in [2.45, 2.75) is 12.7 Å². The number of halogens is 3. The average Bonchev–Trinajstić information content (AvgIpc) is 3.45. The van der Waals surface area contributed by atoms with Crippen LogP contribution in [0, 0.1) is 0 Å². The number of nitrogens with one attached hydrogen (secondary N) is 1. The summed E-state index contributed by atoms with van der Waals surface area (Å²) in [4.78, 5) is 25.2. The molecule has 1 amide bonds. The maximum Gasteiger partial charge on any atom is 0.418 e. The fraction of sp³-hybridized carbons (Fsp3) is 0.0870. The van der Waals surface area contributed by atoms with Crippen LogP contribution in [0.3, 0.4) is 0 Å². The summed E-state index contributed by atoms with van der Waals surface area (Å²) >= 11 is 0. The zero-order valence-corrected chi connectivity index (χ0v) is 17.8. The minimum atomic E-state index is -4.59. The summed E-state index contributed by atoms with van der Waals surface area (Å²) in [5, 5.41) is 14.3. The number of fused-ring (bicyclic) bond motifs is 1. The standard InChI is InChI=1S/C23H16F3N7O2/c24-23(25,26)17-8-1-2-9-19(17)32-14-18(28-30-32)21(34)27-16-7-5-6-15(12-16)13-33-22(35)31-11-4-3-10-20(31)29-33/h1-12,14H,13H2,(H,27,34). The van der Waals surface area contributed by atoms with Crippen molar-refractivity contribution in [3.8, 4) is 5.69 Å². The molecule has 9 nitrogen and oxygen atoms in total. The van der Waals surface area contributed by atoms with Gasteiger partial charge in [0.15, 0.2) is 11.3 Å². The Balaban J connectivity index is 1.34. The molecule has 5 rings (SSSR count). The highest BCUT2D eigenvalue weighted by Gasteiger charge is 2.34. The van der Waals surface area contributed by atoms with Gasteiger partial charge >= 0.3 is 11.9 Å². The predicted molar refractivity (Wildman–Crippen MR) is 119 cm³/mol. The molecule has 0 aliphatic carbocycles. The highest BCUT2D eigenvalue weighted by atomic mass is 19.4. The van der Waals surface area contributed by atoms with E-state index in [2.05, 4.69) is 20.7 Å². The van der Waals surface area contributed by atoms with E-state index in [0.717, 1.165) is 16.9 Å². The van der Waals surface area contributed by atoms with E-state index in [-0.39, 0.29) is 23.6 Å². The summed E-state index contributed by atoms with van der Waals surface area (Å²) in [6.45, 7) is 0.175. The van der Waals surface area contributed by atoms with Crippen LogP contribution >= 0.6 is 0 Å². The molecule has 176 valence electrons. The Bertz CT molecular complexity index is 1600. The molecule has 3 aromatic heterocycles. The Morgan fingerprint density at radius 1 is 1.00 bits per heavy atom. The molecule has 0 aliphatic heterocycles. The van der Waals surface area contributed by atoms with Crippen LogP contribution in [0.5, 0.6) is 0 Å². The number of benzene rings is 2. The SMILES string of the molecule is O=C(Nc1cccc(Cn2nc3ccccn3c2=O)c1)c1cn(-c2ccccc2C(F)(F)F)nn1. The van der Waals surface area contributed by atoms with Gasteiger partial charge in [-0.15, -0.1) is 10.2 Å². The molecule has 0 unspecified atom stereocenters. The van der Waals surface area contributed by atoms with Gasteiger partial charge < -0.3 is 5.32 Å². The van der Waals surface area contributed by atoms with E-state index < -0.39 is 17.6 Å². The van der Waals surface area contributed by atoms with Gasteiger partial charge in [0, 0.05) is 11.9 Å². The van der Waals surface area contributed by atoms with Crippen molar-refractivity contribution in [3.63, 3.8) is 0 Å². The van der Waals surface area contributed by atoms with Crippen molar-refractivity contribution in [1.29, 1.82) is 0 Å². The number of aromatic nitrogens is 6. The molecule has 1 N–H and O–H groups in total. The zero-order valence-electron chi connectivity index (χ0n) is 17.8. The minimum absolute atomic E-state index is 0.163. The molecule has 0 bridgehead atoms. The molecular formula is C23H16F3N7O2. The Labute approximate surface area is 195 Å². The lowest BCUT2D eigenvalue weighted by molar-refractivity contribution is -0.137. The summed E-state index contributed by atoms with van der Waals surface area (Å²) in [5.41, 5.74) is 0.0238. The minimum Gasteiger partial charge on any atom is -0.321 e. The van der Waals surface area contributed by atoms with Gasteiger partial charge in [0.2, 0.25) is 0 Å². The first-order valence-electron chi connectivity index (χ1n) is 10.3. The molecule has 35 heavy (non-hydrogen) atoms. The molecule has 0 radical (unpaired) electrons. The number of hydrogen-bond donors (Lipinski definition) is 1. The van der Waals surface area contributed by atoms with Gasteiger partial charge in [0.25, 0.3) is 5.91 Å². The number of pyridine rings is 1. The summed E-state index contributed by atoms with van der Waals surface area (Å²) in [6.07, 6.45) is -1.84. The summed E-state index contributed by atoms with van der Waals surface area (Å²) in [6, 6.07) is 16.9. The van der Waals surface area contributed by atoms with Crippen LogP contribution in [0.4, 0.5) is 18.9 Å².